The Morgan fingerprint density at radius 3 is 2.16 bits per heavy atom. The first-order chi connectivity index (χ1) is 9.06. The molecule has 0 amide bonds. The summed E-state index contributed by atoms with van der Waals surface area (Å²) >= 11 is 0. The average molecular weight is 258 g/mol. The third kappa shape index (κ3) is 3.57. The van der Waals surface area contributed by atoms with Crippen molar-refractivity contribution < 1.29 is 9.13 Å². The Morgan fingerprint density at radius 1 is 0.895 bits per heavy atom. The lowest BCUT2D eigenvalue weighted by atomic mass is 9.90. The van der Waals surface area contributed by atoms with Crippen molar-refractivity contribution in [2.75, 3.05) is 0 Å². The number of rotatable bonds is 4. The number of hydrogen-bond donors (Lipinski definition) is 0. The summed E-state index contributed by atoms with van der Waals surface area (Å²) in [4.78, 5) is 0. The van der Waals surface area contributed by atoms with Crippen molar-refractivity contribution in [1.82, 2.24) is 0 Å². The zero-order valence-corrected chi connectivity index (χ0v) is 11.6. The molecule has 1 unspecified atom stereocenters. The molecule has 1 nitrogen and oxygen atoms in total. The molecule has 2 aromatic carbocycles. The van der Waals surface area contributed by atoms with Crippen LogP contribution in [0.1, 0.15) is 32.3 Å². The van der Waals surface area contributed by atoms with Gasteiger partial charge in [0.2, 0.25) is 0 Å². The highest BCUT2D eigenvalue weighted by molar-refractivity contribution is 5.34. The Bertz CT molecular complexity index is 531. The normalized spacial score (nSPS) is 12.5. The minimum Gasteiger partial charge on any atom is -0.457 e. The third-order valence-electron chi connectivity index (χ3n) is 3.44. The SMILES string of the molecule is CC(C)C(C)c1ccc(Oc2cccc(F)c2)cc1. The maximum absolute atomic E-state index is 13.0. The summed E-state index contributed by atoms with van der Waals surface area (Å²) in [5, 5.41) is 0. The summed E-state index contributed by atoms with van der Waals surface area (Å²) in [6.45, 7) is 6.64. The quantitative estimate of drug-likeness (QED) is 0.715. The van der Waals surface area contributed by atoms with Gasteiger partial charge >= 0.3 is 0 Å². The smallest absolute Gasteiger partial charge is 0.130 e. The van der Waals surface area contributed by atoms with E-state index in [0.29, 0.717) is 17.6 Å². The second-order valence-corrected chi connectivity index (χ2v) is 5.16. The van der Waals surface area contributed by atoms with Crippen LogP contribution in [0.15, 0.2) is 48.5 Å². The van der Waals surface area contributed by atoms with Gasteiger partial charge in [0.15, 0.2) is 0 Å². The van der Waals surface area contributed by atoms with E-state index in [1.54, 1.807) is 12.1 Å². The van der Waals surface area contributed by atoms with E-state index < -0.39 is 0 Å². The largest absolute Gasteiger partial charge is 0.457 e. The van der Waals surface area contributed by atoms with Gasteiger partial charge in [-0.3, -0.25) is 0 Å². The highest BCUT2D eigenvalue weighted by Crippen LogP contribution is 2.27. The highest BCUT2D eigenvalue weighted by Gasteiger charge is 2.09. The Hall–Kier alpha value is -1.83. The molecule has 0 radical (unpaired) electrons. The number of benzene rings is 2. The topological polar surface area (TPSA) is 9.23 Å². The first-order valence-corrected chi connectivity index (χ1v) is 6.59. The van der Waals surface area contributed by atoms with Crippen molar-refractivity contribution in [2.45, 2.75) is 26.7 Å². The molecule has 2 heteroatoms. The Morgan fingerprint density at radius 2 is 1.58 bits per heavy atom. The fourth-order valence-corrected chi connectivity index (χ4v) is 1.89. The van der Waals surface area contributed by atoms with Crippen molar-refractivity contribution in [3.63, 3.8) is 0 Å². The second kappa shape index (κ2) is 5.87. The molecule has 0 aliphatic heterocycles. The molecule has 0 saturated heterocycles. The molecule has 0 bridgehead atoms. The van der Waals surface area contributed by atoms with E-state index in [0.717, 1.165) is 5.75 Å². The second-order valence-electron chi connectivity index (χ2n) is 5.16. The van der Waals surface area contributed by atoms with Gasteiger partial charge in [-0.05, 0) is 41.7 Å². The summed E-state index contributed by atoms with van der Waals surface area (Å²) in [6.07, 6.45) is 0. The van der Waals surface area contributed by atoms with E-state index in [-0.39, 0.29) is 5.82 Å². The highest BCUT2D eigenvalue weighted by atomic mass is 19.1. The van der Waals surface area contributed by atoms with Gasteiger partial charge in [-0.15, -0.1) is 0 Å². The Balaban J connectivity index is 2.11. The van der Waals surface area contributed by atoms with Crippen LogP contribution in [0, 0.1) is 11.7 Å². The first kappa shape index (κ1) is 13.6. The van der Waals surface area contributed by atoms with Crippen LogP contribution in [0.5, 0.6) is 11.5 Å². The Kier molecular flexibility index (Phi) is 4.20. The first-order valence-electron chi connectivity index (χ1n) is 6.59. The molecule has 19 heavy (non-hydrogen) atoms. The van der Waals surface area contributed by atoms with Gasteiger partial charge in [-0.2, -0.15) is 0 Å². The van der Waals surface area contributed by atoms with E-state index in [2.05, 4.69) is 32.9 Å². The van der Waals surface area contributed by atoms with Gasteiger partial charge in [-0.1, -0.05) is 39.0 Å². The van der Waals surface area contributed by atoms with Crippen LogP contribution in [-0.4, -0.2) is 0 Å². The number of halogens is 1. The van der Waals surface area contributed by atoms with Gasteiger partial charge < -0.3 is 4.74 Å². The fraction of sp³-hybridized carbons (Fsp3) is 0.294. The lowest BCUT2D eigenvalue weighted by Crippen LogP contribution is -2.01. The average Bonchev–Trinajstić information content (AvgIpc) is 2.39. The zero-order chi connectivity index (χ0) is 13.8. The molecule has 0 spiro atoms. The molecule has 0 heterocycles. The summed E-state index contributed by atoms with van der Waals surface area (Å²) in [7, 11) is 0. The molecule has 2 aromatic rings. The van der Waals surface area contributed by atoms with Gasteiger partial charge in [0.05, 0.1) is 0 Å². The van der Waals surface area contributed by atoms with Crippen LogP contribution in [-0.2, 0) is 0 Å². The predicted molar refractivity (Wildman–Crippen MR) is 76.2 cm³/mol. The van der Waals surface area contributed by atoms with E-state index in [1.165, 1.54) is 17.7 Å². The fourth-order valence-electron chi connectivity index (χ4n) is 1.89. The van der Waals surface area contributed by atoms with Gasteiger partial charge in [0.1, 0.15) is 17.3 Å². The summed E-state index contributed by atoms with van der Waals surface area (Å²) in [5.41, 5.74) is 1.29. The molecule has 0 saturated carbocycles. The molecule has 0 fully saturated rings. The summed E-state index contributed by atoms with van der Waals surface area (Å²) < 4.78 is 18.7. The minimum atomic E-state index is -0.289. The van der Waals surface area contributed by atoms with Crippen LogP contribution in [0.25, 0.3) is 0 Å². The van der Waals surface area contributed by atoms with Gasteiger partial charge in [0, 0.05) is 6.07 Å². The summed E-state index contributed by atoms with van der Waals surface area (Å²) in [5.74, 6) is 2.08. The molecular formula is C17H19FO. The molecule has 1 atom stereocenters. The number of hydrogen-bond acceptors (Lipinski definition) is 1. The molecule has 0 aliphatic rings. The van der Waals surface area contributed by atoms with Gasteiger partial charge in [-0.25, -0.2) is 4.39 Å². The van der Waals surface area contributed by atoms with E-state index >= 15 is 0 Å². The number of ether oxygens (including phenoxy) is 1. The predicted octanol–water partition coefficient (Wildman–Crippen LogP) is 5.38. The molecule has 2 rings (SSSR count). The van der Waals surface area contributed by atoms with Crippen molar-refractivity contribution in [3.8, 4) is 11.5 Å². The third-order valence-corrected chi connectivity index (χ3v) is 3.44. The lowest BCUT2D eigenvalue weighted by Gasteiger charge is -2.16. The van der Waals surface area contributed by atoms with Crippen molar-refractivity contribution in [1.29, 1.82) is 0 Å². The molecule has 0 aromatic heterocycles. The van der Waals surface area contributed by atoms with Crippen molar-refractivity contribution >= 4 is 0 Å². The van der Waals surface area contributed by atoms with Crippen molar-refractivity contribution in [2.24, 2.45) is 5.92 Å². The minimum absolute atomic E-state index is 0.289. The lowest BCUT2D eigenvalue weighted by molar-refractivity contribution is 0.475. The van der Waals surface area contributed by atoms with Crippen molar-refractivity contribution in [3.05, 3.63) is 59.9 Å². The maximum Gasteiger partial charge on any atom is 0.130 e. The van der Waals surface area contributed by atoms with E-state index in [1.807, 2.05) is 12.1 Å². The molecule has 0 N–H and O–H groups in total. The van der Waals surface area contributed by atoms with Crippen LogP contribution in [0.2, 0.25) is 0 Å². The van der Waals surface area contributed by atoms with Crippen LogP contribution >= 0.6 is 0 Å². The standard InChI is InChI=1S/C17H19FO/c1-12(2)13(3)14-7-9-16(10-8-14)19-17-6-4-5-15(18)11-17/h4-13H,1-3H3. The molecule has 0 aliphatic carbocycles. The molecule has 100 valence electrons. The maximum atomic E-state index is 13.0. The summed E-state index contributed by atoms with van der Waals surface area (Å²) in [6, 6.07) is 14.2. The van der Waals surface area contributed by atoms with Crippen LogP contribution in [0.3, 0.4) is 0 Å². The zero-order valence-electron chi connectivity index (χ0n) is 11.6. The monoisotopic (exact) mass is 258 g/mol. The van der Waals surface area contributed by atoms with Crippen LogP contribution < -0.4 is 4.74 Å². The van der Waals surface area contributed by atoms with E-state index in [9.17, 15) is 4.39 Å². The van der Waals surface area contributed by atoms with Gasteiger partial charge in [0.25, 0.3) is 0 Å². The molecular weight excluding hydrogens is 239 g/mol. The van der Waals surface area contributed by atoms with E-state index in [4.69, 9.17) is 4.74 Å². The Labute approximate surface area is 114 Å². The van der Waals surface area contributed by atoms with Crippen LogP contribution in [0.4, 0.5) is 4.39 Å².